The van der Waals surface area contributed by atoms with Crippen molar-refractivity contribution in [2.24, 2.45) is 5.41 Å². The lowest BCUT2D eigenvalue weighted by molar-refractivity contribution is 0.392. The Bertz CT molecular complexity index is 392. The van der Waals surface area contributed by atoms with Crippen molar-refractivity contribution in [3.05, 3.63) is 23.3 Å². The summed E-state index contributed by atoms with van der Waals surface area (Å²) in [6.07, 6.45) is 2.32. The Labute approximate surface area is 92.1 Å². The molecule has 0 heterocycles. The number of nitrogen functional groups attached to an aromatic ring is 1. The molecule has 2 rings (SSSR count). The van der Waals surface area contributed by atoms with E-state index in [9.17, 15) is 0 Å². The number of rotatable bonds is 1. The second kappa shape index (κ2) is 3.16. The molecule has 0 radical (unpaired) electrons. The van der Waals surface area contributed by atoms with Crippen molar-refractivity contribution in [1.82, 2.24) is 0 Å². The van der Waals surface area contributed by atoms with E-state index in [4.69, 9.17) is 5.73 Å². The summed E-state index contributed by atoms with van der Waals surface area (Å²) in [6, 6.07) is 4.40. The first-order valence-electron chi connectivity index (χ1n) is 5.48. The van der Waals surface area contributed by atoms with Crippen LogP contribution in [0, 0.1) is 5.41 Å². The molecule has 0 spiro atoms. The molecule has 2 nitrogen and oxygen atoms in total. The van der Waals surface area contributed by atoms with Gasteiger partial charge in [0.2, 0.25) is 0 Å². The summed E-state index contributed by atoms with van der Waals surface area (Å²) in [5.41, 5.74) is 11.4. The van der Waals surface area contributed by atoms with Crippen LogP contribution in [0.15, 0.2) is 12.1 Å². The van der Waals surface area contributed by atoms with Crippen LogP contribution in [0.1, 0.15) is 25.0 Å². The molecule has 1 aliphatic rings. The van der Waals surface area contributed by atoms with Crippen LogP contribution in [0.4, 0.5) is 11.4 Å². The van der Waals surface area contributed by atoms with E-state index in [0.29, 0.717) is 5.41 Å². The van der Waals surface area contributed by atoms with E-state index in [-0.39, 0.29) is 0 Å². The van der Waals surface area contributed by atoms with Gasteiger partial charge >= 0.3 is 0 Å². The highest BCUT2D eigenvalue weighted by molar-refractivity contribution is 5.70. The molecule has 2 heteroatoms. The van der Waals surface area contributed by atoms with E-state index in [1.807, 2.05) is 14.1 Å². The van der Waals surface area contributed by atoms with Gasteiger partial charge in [-0.25, -0.2) is 0 Å². The average molecular weight is 204 g/mol. The lowest BCUT2D eigenvalue weighted by atomic mass is 9.90. The Morgan fingerprint density at radius 1 is 1.13 bits per heavy atom. The van der Waals surface area contributed by atoms with Crippen molar-refractivity contribution in [2.45, 2.75) is 26.7 Å². The van der Waals surface area contributed by atoms with Gasteiger partial charge in [0.1, 0.15) is 0 Å². The van der Waals surface area contributed by atoms with Crippen LogP contribution in [0.5, 0.6) is 0 Å². The molecule has 0 bridgehead atoms. The predicted octanol–water partition coefficient (Wildman–Crippen LogP) is 2.46. The minimum absolute atomic E-state index is 0.402. The number of nitrogens with zero attached hydrogens (tertiary/aromatic N) is 1. The van der Waals surface area contributed by atoms with Crippen molar-refractivity contribution in [2.75, 3.05) is 24.7 Å². The number of fused-ring (bicyclic) bond motifs is 1. The first kappa shape index (κ1) is 10.3. The molecule has 0 unspecified atom stereocenters. The molecule has 2 N–H and O–H groups in total. The van der Waals surface area contributed by atoms with E-state index >= 15 is 0 Å². The number of hydrogen-bond acceptors (Lipinski definition) is 2. The normalized spacial score (nSPS) is 17.6. The van der Waals surface area contributed by atoms with Crippen LogP contribution in [0.2, 0.25) is 0 Å². The van der Waals surface area contributed by atoms with Crippen LogP contribution < -0.4 is 10.6 Å². The zero-order valence-electron chi connectivity index (χ0n) is 10.1. The highest BCUT2D eigenvalue weighted by Gasteiger charge is 2.29. The third kappa shape index (κ3) is 1.81. The fraction of sp³-hybridized carbons (Fsp3) is 0.538. The fourth-order valence-electron chi connectivity index (χ4n) is 2.51. The zero-order chi connectivity index (χ0) is 11.2. The van der Waals surface area contributed by atoms with E-state index in [1.54, 1.807) is 0 Å². The van der Waals surface area contributed by atoms with Crippen molar-refractivity contribution in [1.29, 1.82) is 0 Å². The van der Waals surface area contributed by atoms with Gasteiger partial charge in [0.05, 0.1) is 11.4 Å². The third-order valence-corrected chi connectivity index (χ3v) is 3.17. The lowest BCUT2D eigenvalue weighted by Crippen LogP contribution is -2.11. The lowest BCUT2D eigenvalue weighted by Gasteiger charge is -2.16. The van der Waals surface area contributed by atoms with Gasteiger partial charge in [-0.1, -0.05) is 13.8 Å². The van der Waals surface area contributed by atoms with Gasteiger partial charge in [-0.3, -0.25) is 0 Å². The van der Waals surface area contributed by atoms with Crippen molar-refractivity contribution in [3.63, 3.8) is 0 Å². The molecule has 0 aliphatic heterocycles. The molecule has 1 aromatic carbocycles. The summed E-state index contributed by atoms with van der Waals surface area (Å²) < 4.78 is 0. The molecule has 1 aromatic rings. The molecule has 0 saturated carbocycles. The smallest absolute Gasteiger partial charge is 0.0597 e. The van der Waals surface area contributed by atoms with Gasteiger partial charge < -0.3 is 10.6 Å². The SMILES string of the molecule is CN(C)c1cc2c(cc1N)CC(C)(C)C2. The second-order valence-corrected chi connectivity index (χ2v) is 5.59. The van der Waals surface area contributed by atoms with E-state index < -0.39 is 0 Å². The van der Waals surface area contributed by atoms with Crippen molar-refractivity contribution < 1.29 is 0 Å². The van der Waals surface area contributed by atoms with Gasteiger partial charge in [-0.15, -0.1) is 0 Å². The summed E-state index contributed by atoms with van der Waals surface area (Å²) in [5, 5.41) is 0. The van der Waals surface area contributed by atoms with Crippen LogP contribution in [-0.2, 0) is 12.8 Å². The molecule has 0 aromatic heterocycles. The first-order valence-corrected chi connectivity index (χ1v) is 5.48. The summed E-state index contributed by atoms with van der Waals surface area (Å²) in [6.45, 7) is 4.64. The average Bonchev–Trinajstić information content (AvgIpc) is 2.36. The maximum Gasteiger partial charge on any atom is 0.0597 e. The van der Waals surface area contributed by atoms with E-state index in [1.165, 1.54) is 17.5 Å². The topological polar surface area (TPSA) is 29.3 Å². The van der Waals surface area contributed by atoms with Gasteiger partial charge in [-0.05, 0) is 41.5 Å². The Morgan fingerprint density at radius 3 is 2.20 bits per heavy atom. The van der Waals surface area contributed by atoms with Crippen LogP contribution in [0.3, 0.4) is 0 Å². The monoisotopic (exact) mass is 204 g/mol. The highest BCUT2D eigenvalue weighted by atomic mass is 15.1. The Hall–Kier alpha value is -1.18. The molecule has 15 heavy (non-hydrogen) atoms. The molecule has 82 valence electrons. The summed E-state index contributed by atoms with van der Waals surface area (Å²) in [5.74, 6) is 0. The standard InChI is InChI=1S/C13H20N2/c1-13(2)7-9-5-11(14)12(15(3)4)6-10(9)8-13/h5-6H,7-8,14H2,1-4H3. The molecule has 0 atom stereocenters. The number of hydrogen-bond donors (Lipinski definition) is 1. The Kier molecular flexibility index (Phi) is 2.18. The van der Waals surface area contributed by atoms with Crippen molar-refractivity contribution >= 4 is 11.4 Å². The van der Waals surface area contributed by atoms with Crippen LogP contribution in [-0.4, -0.2) is 14.1 Å². The summed E-state index contributed by atoms with van der Waals surface area (Å²) in [4.78, 5) is 2.08. The molecular formula is C13H20N2. The fourth-order valence-corrected chi connectivity index (χ4v) is 2.51. The van der Waals surface area contributed by atoms with Gasteiger partial charge in [0.15, 0.2) is 0 Å². The molecule has 0 amide bonds. The molecular weight excluding hydrogens is 184 g/mol. The Balaban J connectivity index is 2.45. The third-order valence-electron chi connectivity index (χ3n) is 3.17. The molecule has 1 aliphatic carbocycles. The maximum atomic E-state index is 6.04. The van der Waals surface area contributed by atoms with E-state index in [0.717, 1.165) is 17.8 Å². The predicted molar refractivity (Wildman–Crippen MR) is 66.4 cm³/mol. The zero-order valence-corrected chi connectivity index (χ0v) is 10.1. The highest BCUT2D eigenvalue weighted by Crippen LogP contribution is 2.39. The number of anilines is 2. The maximum absolute atomic E-state index is 6.04. The number of nitrogens with two attached hydrogens (primary N) is 1. The minimum atomic E-state index is 0.402. The first-order chi connectivity index (χ1) is 6.89. The quantitative estimate of drug-likeness (QED) is 0.712. The second-order valence-electron chi connectivity index (χ2n) is 5.59. The minimum Gasteiger partial charge on any atom is -0.397 e. The Morgan fingerprint density at radius 2 is 1.67 bits per heavy atom. The van der Waals surface area contributed by atoms with E-state index in [2.05, 4.69) is 30.9 Å². The van der Waals surface area contributed by atoms with Crippen molar-refractivity contribution in [3.8, 4) is 0 Å². The summed E-state index contributed by atoms with van der Waals surface area (Å²) in [7, 11) is 4.08. The van der Waals surface area contributed by atoms with Gasteiger partial charge in [0, 0.05) is 14.1 Å². The molecule has 0 saturated heterocycles. The van der Waals surface area contributed by atoms with Crippen LogP contribution in [0.25, 0.3) is 0 Å². The largest absolute Gasteiger partial charge is 0.397 e. The van der Waals surface area contributed by atoms with Crippen LogP contribution >= 0.6 is 0 Å². The van der Waals surface area contributed by atoms with Gasteiger partial charge in [0.25, 0.3) is 0 Å². The summed E-state index contributed by atoms with van der Waals surface area (Å²) >= 11 is 0. The number of benzene rings is 1. The van der Waals surface area contributed by atoms with Gasteiger partial charge in [-0.2, -0.15) is 0 Å². The molecule has 0 fully saturated rings.